The van der Waals surface area contributed by atoms with Gasteiger partial charge in [0.25, 0.3) is 0 Å². The molecule has 0 aromatic carbocycles. The van der Waals surface area contributed by atoms with Crippen LogP contribution >= 0.6 is 15.9 Å². The normalized spacial score (nSPS) is 8.86. The summed E-state index contributed by atoms with van der Waals surface area (Å²) in [5.74, 6) is 2.59. The largest absolute Gasteiger partial charge is 0.436 e. The van der Waals surface area contributed by atoms with Gasteiger partial charge >= 0.3 is 6.09 Å². The molecule has 0 saturated heterocycles. The third-order valence-electron chi connectivity index (χ3n) is 1.24. The van der Waals surface area contributed by atoms with Crippen molar-refractivity contribution in [3.05, 3.63) is 22.8 Å². The van der Waals surface area contributed by atoms with Gasteiger partial charge in [0.2, 0.25) is 0 Å². The fraction of sp³-hybridized carbons (Fsp3) is 0.111. The molecule has 0 saturated carbocycles. The molecule has 72 valence electrons. The first-order valence-electron chi connectivity index (χ1n) is 3.71. The Balaban J connectivity index is 2.53. The van der Waals surface area contributed by atoms with E-state index >= 15 is 0 Å². The van der Waals surface area contributed by atoms with E-state index in [0.717, 1.165) is 4.47 Å². The maximum absolute atomic E-state index is 11.0. The lowest BCUT2D eigenvalue weighted by atomic mass is 10.5. The number of anilines is 1. The zero-order valence-electron chi connectivity index (χ0n) is 7.16. The second-order valence-electron chi connectivity index (χ2n) is 2.26. The summed E-state index contributed by atoms with van der Waals surface area (Å²) in [6, 6.07) is 3.40. The highest BCUT2D eigenvalue weighted by Crippen LogP contribution is 2.12. The molecule has 0 atom stereocenters. The van der Waals surface area contributed by atoms with Crippen molar-refractivity contribution < 1.29 is 9.53 Å². The van der Waals surface area contributed by atoms with Crippen LogP contribution in [-0.2, 0) is 4.74 Å². The molecule has 0 aliphatic heterocycles. The van der Waals surface area contributed by atoms with Gasteiger partial charge in [-0.2, -0.15) is 0 Å². The van der Waals surface area contributed by atoms with Crippen molar-refractivity contribution >= 4 is 27.8 Å². The van der Waals surface area contributed by atoms with Crippen LogP contribution in [0.4, 0.5) is 10.6 Å². The zero-order chi connectivity index (χ0) is 10.4. The zero-order valence-corrected chi connectivity index (χ0v) is 8.74. The third-order valence-corrected chi connectivity index (χ3v) is 1.73. The van der Waals surface area contributed by atoms with Gasteiger partial charge in [0.1, 0.15) is 5.82 Å². The lowest BCUT2D eigenvalue weighted by Crippen LogP contribution is -2.14. The van der Waals surface area contributed by atoms with Crippen LogP contribution in [0.5, 0.6) is 0 Å². The molecular formula is C9H7BrN2O2. The molecule has 0 aliphatic rings. The van der Waals surface area contributed by atoms with Crippen LogP contribution in [0.25, 0.3) is 0 Å². The Kier molecular flexibility index (Phi) is 3.95. The monoisotopic (exact) mass is 254 g/mol. The molecule has 1 heterocycles. The van der Waals surface area contributed by atoms with Gasteiger partial charge in [-0.25, -0.2) is 9.78 Å². The summed E-state index contributed by atoms with van der Waals surface area (Å²) in [6.45, 7) is -0.0557. The van der Waals surface area contributed by atoms with Crippen LogP contribution in [-0.4, -0.2) is 17.7 Å². The molecule has 1 rings (SSSR count). The van der Waals surface area contributed by atoms with Gasteiger partial charge in [-0.05, 0) is 12.1 Å². The number of nitrogens with zero attached hydrogens (tertiary/aromatic N) is 1. The second kappa shape index (κ2) is 5.25. The molecule has 1 aromatic heterocycles. The minimum absolute atomic E-state index is 0.0557. The first kappa shape index (κ1) is 10.5. The number of amides is 1. The molecule has 0 spiro atoms. The van der Waals surface area contributed by atoms with Gasteiger partial charge in [0.15, 0.2) is 6.61 Å². The first-order chi connectivity index (χ1) is 6.72. The maximum atomic E-state index is 11.0. The number of ether oxygens (including phenoxy) is 1. The highest BCUT2D eigenvalue weighted by Gasteiger charge is 2.02. The van der Waals surface area contributed by atoms with Gasteiger partial charge in [0.05, 0.1) is 0 Å². The summed E-state index contributed by atoms with van der Waals surface area (Å²) in [7, 11) is 0. The van der Waals surface area contributed by atoms with Crippen LogP contribution in [0.2, 0.25) is 0 Å². The molecule has 4 nitrogen and oxygen atoms in total. The minimum atomic E-state index is -0.617. The maximum Gasteiger partial charge on any atom is 0.413 e. The Morgan fingerprint density at radius 2 is 2.57 bits per heavy atom. The smallest absolute Gasteiger partial charge is 0.413 e. The molecule has 14 heavy (non-hydrogen) atoms. The molecular weight excluding hydrogens is 248 g/mol. The predicted molar refractivity (Wildman–Crippen MR) is 55.7 cm³/mol. The van der Waals surface area contributed by atoms with Gasteiger partial charge in [-0.1, -0.05) is 21.9 Å². The number of carbonyl (C=O) groups excluding carboxylic acids is 1. The minimum Gasteiger partial charge on any atom is -0.436 e. The number of rotatable bonds is 2. The molecule has 1 amide bonds. The van der Waals surface area contributed by atoms with Crippen molar-refractivity contribution in [3.8, 4) is 12.3 Å². The van der Waals surface area contributed by atoms with Crippen LogP contribution in [0.15, 0.2) is 22.8 Å². The molecule has 0 bridgehead atoms. The molecule has 0 radical (unpaired) electrons. The van der Waals surface area contributed by atoms with E-state index in [0.29, 0.717) is 5.82 Å². The average Bonchev–Trinajstić information content (AvgIpc) is 2.15. The standard InChI is InChI=1S/C9H7BrN2O2/c1-2-5-14-9(13)12-8-6-7(10)3-4-11-8/h1,3-4,6H,5H2,(H,11,12,13). The lowest BCUT2D eigenvalue weighted by molar-refractivity contribution is 0.176. The molecule has 0 fully saturated rings. The van der Waals surface area contributed by atoms with E-state index in [-0.39, 0.29) is 6.61 Å². The Morgan fingerprint density at radius 3 is 3.21 bits per heavy atom. The topological polar surface area (TPSA) is 51.2 Å². The van der Waals surface area contributed by atoms with Crippen LogP contribution in [0, 0.1) is 12.3 Å². The Labute approximate surface area is 89.8 Å². The average molecular weight is 255 g/mol. The Morgan fingerprint density at radius 1 is 1.79 bits per heavy atom. The van der Waals surface area contributed by atoms with E-state index in [2.05, 4.69) is 36.9 Å². The highest BCUT2D eigenvalue weighted by atomic mass is 79.9. The fourth-order valence-corrected chi connectivity index (χ4v) is 1.06. The number of pyridine rings is 1. The second-order valence-corrected chi connectivity index (χ2v) is 3.18. The number of hydrogen-bond acceptors (Lipinski definition) is 3. The first-order valence-corrected chi connectivity index (χ1v) is 4.50. The molecule has 1 N–H and O–H groups in total. The summed E-state index contributed by atoms with van der Waals surface area (Å²) >= 11 is 3.24. The van der Waals surface area contributed by atoms with Gasteiger partial charge in [-0.3, -0.25) is 5.32 Å². The highest BCUT2D eigenvalue weighted by molar-refractivity contribution is 9.10. The van der Waals surface area contributed by atoms with Crippen LogP contribution < -0.4 is 5.32 Å². The van der Waals surface area contributed by atoms with Gasteiger partial charge in [0, 0.05) is 10.7 Å². The SMILES string of the molecule is C#CCOC(=O)Nc1cc(Br)ccn1. The summed E-state index contributed by atoms with van der Waals surface area (Å²) in [6.07, 6.45) is 5.86. The molecule has 5 heteroatoms. The summed E-state index contributed by atoms with van der Waals surface area (Å²) in [5, 5.41) is 2.42. The number of hydrogen-bond donors (Lipinski definition) is 1. The Bertz CT molecular complexity index is 373. The quantitative estimate of drug-likeness (QED) is 0.822. The summed E-state index contributed by atoms with van der Waals surface area (Å²) in [5.41, 5.74) is 0. The van der Waals surface area contributed by atoms with E-state index in [1.54, 1.807) is 18.3 Å². The molecule has 0 unspecified atom stereocenters. The number of carbonyl (C=O) groups is 1. The Hall–Kier alpha value is -1.54. The van der Waals surface area contributed by atoms with Crippen molar-refractivity contribution in [2.75, 3.05) is 11.9 Å². The number of nitrogens with one attached hydrogen (secondary N) is 1. The van der Waals surface area contributed by atoms with Crippen molar-refractivity contribution in [3.63, 3.8) is 0 Å². The molecule has 0 aliphatic carbocycles. The van der Waals surface area contributed by atoms with Gasteiger partial charge in [-0.15, -0.1) is 6.42 Å². The van der Waals surface area contributed by atoms with Crippen molar-refractivity contribution in [1.82, 2.24) is 4.98 Å². The lowest BCUT2D eigenvalue weighted by Gasteiger charge is -2.03. The van der Waals surface area contributed by atoms with Crippen LogP contribution in [0.3, 0.4) is 0 Å². The van der Waals surface area contributed by atoms with E-state index in [1.165, 1.54) is 0 Å². The molecule has 1 aromatic rings. The number of halogens is 1. The predicted octanol–water partition coefficient (Wildman–Crippen LogP) is 2.03. The van der Waals surface area contributed by atoms with E-state index < -0.39 is 6.09 Å². The van der Waals surface area contributed by atoms with Gasteiger partial charge < -0.3 is 4.74 Å². The van der Waals surface area contributed by atoms with Crippen molar-refractivity contribution in [2.24, 2.45) is 0 Å². The van der Waals surface area contributed by atoms with Crippen molar-refractivity contribution in [1.29, 1.82) is 0 Å². The third kappa shape index (κ3) is 3.46. The number of terminal acetylenes is 1. The fourth-order valence-electron chi connectivity index (χ4n) is 0.721. The van der Waals surface area contributed by atoms with E-state index in [1.807, 2.05) is 0 Å². The summed E-state index contributed by atoms with van der Waals surface area (Å²) in [4.78, 5) is 14.9. The summed E-state index contributed by atoms with van der Waals surface area (Å²) < 4.78 is 5.41. The van der Waals surface area contributed by atoms with E-state index in [9.17, 15) is 4.79 Å². The van der Waals surface area contributed by atoms with Crippen molar-refractivity contribution in [2.45, 2.75) is 0 Å². The number of aromatic nitrogens is 1. The van der Waals surface area contributed by atoms with Crippen LogP contribution in [0.1, 0.15) is 0 Å². The van der Waals surface area contributed by atoms with E-state index in [4.69, 9.17) is 6.42 Å².